The molecule has 118 valence electrons. The second-order valence-corrected chi connectivity index (χ2v) is 5.34. The van der Waals surface area contributed by atoms with Crippen molar-refractivity contribution in [2.24, 2.45) is 0 Å². The Morgan fingerprint density at radius 1 is 1.00 bits per heavy atom. The van der Waals surface area contributed by atoms with Gasteiger partial charge in [0.05, 0.1) is 5.56 Å². The summed E-state index contributed by atoms with van der Waals surface area (Å²) < 4.78 is 37.6. The van der Waals surface area contributed by atoms with Gasteiger partial charge in [-0.2, -0.15) is 13.2 Å². The van der Waals surface area contributed by atoms with Crippen molar-refractivity contribution in [2.75, 3.05) is 6.54 Å². The lowest BCUT2D eigenvalue weighted by Crippen LogP contribution is -2.19. The van der Waals surface area contributed by atoms with Crippen molar-refractivity contribution in [1.82, 2.24) is 9.88 Å². The summed E-state index contributed by atoms with van der Waals surface area (Å²) in [5.41, 5.74) is 2.46. The molecule has 0 fully saturated rings. The molecule has 23 heavy (non-hydrogen) atoms. The normalized spacial score (nSPS) is 14.7. The number of alkyl halides is 3. The van der Waals surface area contributed by atoms with E-state index in [1.807, 2.05) is 29.3 Å². The van der Waals surface area contributed by atoms with E-state index in [-0.39, 0.29) is 0 Å². The highest BCUT2D eigenvalue weighted by Crippen LogP contribution is 2.29. The van der Waals surface area contributed by atoms with Crippen LogP contribution in [0.15, 0.2) is 67.1 Å². The molecule has 1 aliphatic heterocycles. The highest BCUT2D eigenvalue weighted by molar-refractivity contribution is 5.74. The van der Waals surface area contributed by atoms with Crippen LogP contribution >= 0.6 is 0 Å². The van der Waals surface area contributed by atoms with Gasteiger partial charge < -0.3 is 4.90 Å². The average Bonchev–Trinajstić information content (AvgIpc) is 2.56. The number of hydrogen-bond acceptors (Lipinski definition) is 2. The van der Waals surface area contributed by atoms with Gasteiger partial charge in [0, 0.05) is 31.7 Å². The van der Waals surface area contributed by atoms with Gasteiger partial charge in [-0.15, -0.1) is 0 Å². The van der Waals surface area contributed by atoms with Crippen molar-refractivity contribution in [3.05, 3.63) is 83.8 Å². The summed E-state index contributed by atoms with van der Waals surface area (Å²) in [6.45, 7) is 1.30. The first kappa shape index (κ1) is 15.3. The first-order chi connectivity index (χ1) is 11.0. The molecule has 1 aliphatic rings. The molecule has 0 radical (unpaired) electrons. The van der Waals surface area contributed by atoms with Crippen LogP contribution in [0.4, 0.5) is 13.2 Å². The second-order valence-electron chi connectivity index (χ2n) is 5.34. The molecule has 1 aromatic carbocycles. The van der Waals surface area contributed by atoms with E-state index in [0.29, 0.717) is 6.54 Å². The molecule has 0 atom stereocenters. The Morgan fingerprint density at radius 2 is 1.70 bits per heavy atom. The lowest BCUT2D eigenvalue weighted by atomic mass is 10.0. The largest absolute Gasteiger partial charge is 0.416 e. The molecule has 0 N–H and O–H groups in total. The molecule has 0 amide bonds. The zero-order valence-electron chi connectivity index (χ0n) is 12.3. The van der Waals surface area contributed by atoms with Crippen LogP contribution in [0.3, 0.4) is 0 Å². The fourth-order valence-electron chi connectivity index (χ4n) is 2.44. The Kier molecular flexibility index (Phi) is 4.19. The van der Waals surface area contributed by atoms with E-state index in [1.165, 1.54) is 12.1 Å². The Bertz CT molecular complexity index is 716. The summed E-state index contributed by atoms with van der Waals surface area (Å²) in [7, 11) is 0. The zero-order valence-corrected chi connectivity index (χ0v) is 12.3. The van der Waals surface area contributed by atoms with Gasteiger partial charge in [-0.25, -0.2) is 0 Å². The molecule has 0 saturated heterocycles. The maximum atomic E-state index is 12.5. The predicted octanol–water partition coefficient (Wildman–Crippen LogP) is 4.51. The first-order valence-corrected chi connectivity index (χ1v) is 7.21. The molecule has 0 unspecified atom stereocenters. The summed E-state index contributed by atoms with van der Waals surface area (Å²) in [5.74, 6) is 0. The minimum atomic E-state index is -4.29. The van der Waals surface area contributed by atoms with E-state index >= 15 is 0 Å². The summed E-state index contributed by atoms with van der Waals surface area (Å²) in [6.07, 6.45) is 5.28. The van der Waals surface area contributed by atoms with E-state index < -0.39 is 11.7 Å². The Labute approximate surface area is 132 Å². The number of allylic oxidation sites excluding steroid dienone is 2. The fourth-order valence-corrected chi connectivity index (χ4v) is 2.44. The van der Waals surface area contributed by atoms with Gasteiger partial charge in [0.15, 0.2) is 0 Å². The van der Waals surface area contributed by atoms with Crippen molar-refractivity contribution in [2.45, 2.75) is 12.7 Å². The molecule has 3 rings (SSSR count). The lowest BCUT2D eigenvalue weighted by Gasteiger charge is -2.23. The van der Waals surface area contributed by atoms with E-state index in [0.717, 1.165) is 35.4 Å². The van der Waals surface area contributed by atoms with Crippen LogP contribution in [-0.4, -0.2) is 16.4 Å². The molecule has 0 bridgehead atoms. The smallest absolute Gasteiger partial charge is 0.369 e. The molecular weight excluding hydrogens is 301 g/mol. The minimum Gasteiger partial charge on any atom is -0.369 e. The average molecular weight is 316 g/mol. The van der Waals surface area contributed by atoms with Gasteiger partial charge in [0.25, 0.3) is 0 Å². The minimum absolute atomic E-state index is 0.578. The third kappa shape index (κ3) is 3.80. The van der Waals surface area contributed by atoms with E-state index in [2.05, 4.69) is 11.1 Å². The third-order valence-electron chi connectivity index (χ3n) is 3.69. The molecule has 0 spiro atoms. The maximum absolute atomic E-state index is 12.5. The Balaban J connectivity index is 1.63. The van der Waals surface area contributed by atoms with Gasteiger partial charge in [-0.1, -0.05) is 18.2 Å². The molecule has 0 aliphatic carbocycles. The van der Waals surface area contributed by atoms with Gasteiger partial charge in [0.2, 0.25) is 0 Å². The van der Waals surface area contributed by atoms with Gasteiger partial charge in [0.1, 0.15) is 0 Å². The lowest BCUT2D eigenvalue weighted by molar-refractivity contribution is -0.137. The highest BCUT2D eigenvalue weighted by Gasteiger charge is 2.29. The highest BCUT2D eigenvalue weighted by atomic mass is 19.4. The van der Waals surface area contributed by atoms with E-state index in [1.54, 1.807) is 12.4 Å². The van der Waals surface area contributed by atoms with Gasteiger partial charge >= 0.3 is 6.18 Å². The predicted molar refractivity (Wildman–Crippen MR) is 83.2 cm³/mol. The molecule has 5 heteroatoms. The van der Waals surface area contributed by atoms with Crippen molar-refractivity contribution in [3.63, 3.8) is 0 Å². The monoisotopic (exact) mass is 316 g/mol. The molecule has 2 nitrogen and oxygen atoms in total. The Morgan fingerprint density at radius 3 is 2.26 bits per heavy atom. The standard InChI is InChI=1S/C18H15F3N2/c19-18(20,21)17-3-1-14(2-4-17)13-23-11-7-16(8-12-23)15-5-9-22-10-6-15/h1-11H,12-13H2. The van der Waals surface area contributed by atoms with Crippen molar-refractivity contribution in [3.8, 4) is 0 Å². The maximum Gasteiger partial charge on any atom is 0.416 e. The number of pyridine rings is 1. The van der Waals surface area contributed by atoms with Crippen LogP contribution in [0.1, 0.15) is 16.7 Å². The number of benzene rings is 1. The van der Waals surface area contributed by atoms with Crippen LogP contribution < -0.4 is 0 Å². The number of rotatable bonds is 3. The second kappa shape index (κ2) is 6.28. The van der Waals surface area contributed by atoms with Crippen LogP contribution in [0.2, 0.25) is 0 Å². The SMILES string of the molecule is FC(F)(F)c1ccc(CN2C=CC(c3ccncc3)=CC2)cc1. The zero-order chi connectivity index (χ0) is 16.3. The number of aromatic nitrogens is 1. The summed E-state index contributed by atoms with van der Waals surface area (Å²) >= 11 is 0. The van der Waals surface area contributed by atoms with Crippen LogP contribution in [0.5, 0.6) is 0 Å². The van der Waals surface area contributed by atoms with Gasteiger partial charge in [-0.3, -0.25) is 4.98 Å². The number of halogens is 3. The molecular formula is C18H15F3N2. The van der Waals surface area contributed by atoms with Crippen molar-refractivity contribution in [1.29, 1.82) is 0 Å². The topological polar surface area (TPSA) is 16.1 Å². The van der Waals surface area contributed by atoms with Crippen molar-refractivity contribution >= 4 is 5.57 Å². The fraction of sp³-hybridized carbons (Fsp3) is 0.167. The van der Waals surface area contributed by atoms with E-state index in [9.17, 15) is 13.2 Å². The van der Waals surface area contributed by atoms with Crippen LogP contribution in [-0.2, 0) is 12.7 Å². The van der Waals surface area contributed by atoms with E-state index in [4.69, 9.17) is 0 Å². The summed E-state index contributed by atoms with van der Waals surface area (Å²) in [4.78, 5) is 6.04. The summed E-state index contributed by atoms with van der Waals surface area (Å²) in [6, 6.07) is 9.20. The molecule has 2 heterocycles. The molecule has 0 saturated carbocycles. The first-order valence-electron chi connectivity index (χ1n) is 7.21. The van der Waals surface area contributed by atoms with Crippen LogP contribution in [0, 0.1) is 0 Å². The Hall–Kier alpha value is -2.56. The number of hydrogen-bond donors (Lipinski definition) is 0. The number of nitrogens with zero attached hydrogens (tertiary/aromatic N) is 2. The summed E-state index contributed by atoms with van der Waals surface area (Å²) in [5, 5.41) is 0. The molecule has 2 aromatic rings. The quantitative estimate of drug-likeness (QED) is 0.828. The molecule has 1 aromatic heterocycles. The van der Waals surface area contributed by atoms with Gasteiger partial charge in [-0.05, 0) is 47.0 Å². The van der Waals surface area contributed by atoms with Crippen molar-refractivity contribution < 1.29 is 13.2 Å². The van der Waals surface area contributed by atoms with Crippen LogP contribution in [0.25, 0.3) is 5.57 Å². The third-order valence-corrected chi connectivity index (χ3v) is 3.69.